The first-order chi connectivity index (χ1) is 20.3. The molecule has 0 amide bonds. The summed E-state index contributed by atoms with van der Waals surface area (Å²) in [7, 11) is -2.08. The molecule has 4 atom stereocenters. The molecule has 0 aromatic heterocycles. The molecule has 1 aromatic carbocycles. The highest BCUT2D eigenvalue weighted by Gasteiger charge is 2.46. The van der Waals surface area contributed by atoms with Crippen LogP contribution in [-0.2, 0) is 11.2 Å². The predicted octanol–water partition coefficient (Wildman–Crippen LogP) is 11.7. The molecule has 0 spiro atoms. The van der Waals surface area contributed by atoms with Gasteiger partial charge in [-0.25, -0.2) is 0 Å². The molecule has 0 fully saturated rings. The molecule has 250 valence electrons. The monoisotopic (exact) mass is 629 g/mol. The van der Waals surface area contributed by atoms with Gasteiger partial charge in [0.25, 0.3) is 8.32 Å². The smallest absolute Gasteiger partial charge is 0.429 e. The lowest BCUT2D eigenvalue weighted by atomic mass is 9.81. The van der Waals surface area contributed by atoms with Gasteiger partial charge in [0.15, 0.2) is 4.98 Å². The van der Waals surface area contributed by atoms with Crippen molar-refractivity contribution in [2.75, 3.05) is 0 Å². The maximum atomic E-state index is 10.4. The Bertz CT molecular complexity index is 1160. The van der Waals surface area contributed by atoms with Gasteiger partial charge in [-0.15, -0.1) is 0 Å². The number of nitrogens with zero attached hydrogens (tertiary/aromatic N) is 2. The number of rotatable bonds is 16. The molecule has 44 heavy (non-hydrogen) atoms. The zero-order chi connectivity index (χ0) is 33.5. The fourth-order valence-electron chi connectivity index (χ4n) is 6.18. The summed E-state index contributed by atoms with van der Waals surface area (Å²) >= 11 is 0. The van der Waals surface area contributed by atoms with Gasteiger partial charge in [0.2, 0.25) is 5.39 Å². The summed E-state index contributed by atoms with van der Waals surface area (Å²) in [4.78, 5) is 2.97. The Hall–Kier alpha value is -2.20. The number of hydrogen-bond acceptors (Lipinski definition) is 5. The van der Waals surface area contributed by atoms with Crippen molar-refractivity contribution in [1.82, 2.24) is 0 Å². The number of aliphatic hydroxyl groups is 1. The van der Waals surface area contributed by atoms with E-state index in [1.165, 1.54) is 38.5 Å². The number of hydrogen-bond donors (Lipinski definition) is 1. The van der Waals surface area contributed by atoms with Crippen LogP contribution in [0.5, 0.6) is 11.5 Å². The molecular weight excluding hydrogens is 565 g/mol. The lowest BCUT2D eigenvalue weighted by molar-refractivity contribution is -0.100. The van der Waals surface area contributed by atoms with Crippen LogP contribution < -0.4 is 9.16 Å². The van der Waals surface area contributed by atoms with Crippen LogP contribution in [-0.4, -0.2) is 25.1 Å². The van der Waals surface area contributed by atoms with Crippen LogP contribution in [0.4, 0.5) is 0 Å². The fraction of sp³-hybridized carbons (Fsp3) is 0.784. The van der Waals surface area contributed by atoms with Gasteiger partial charge in [-0.1, -0.05) is 93.4 Å². The van der Waals surface area contributed by atoms with Gasteiger partial charge in [-0.3, -0.25) is 0 Å². The van der Waals surface area contributed by atoms with Gasteiger partial charge >= 0.3 is 12.1 Å². The van der Waals surface area contributed by atoms with E-state index in [2.05, 4.69) is 94.2 Å². The van der Waals surface area contributed by atoms with Gasteiger partial charge in [0.05, 0.1) is 0 Å². The molecular formula is C37H65N2O4Si+. The third kappa shape index (κ3) is 10.2. The van der Waals surface area contributed by atoms with Crippen LogP contribution in [0.2, 0.25) is 18.1 Å². The highest BCUT2D eigenvalue weighted by molar-refractivity contribution is 6.74. The average molecular weight is 630 g/mol. The summed E-state index contributed by atoms with van der Waals surface area (Å²) in [6, 6.07) is 0. The van der Waals surface area contributed by atoms with E-state index in [1.54, 1.807) is 0 Å². The second-order valence-electron chi connectivity index (χ2n) is 16.0. The maximum absolute atomic E-state index is 10.4. The molecule has 0 saturated carbocycles. The van der Waals surface area contributed by atoms with Crippen molar-refractivity contribution in [3.05, 3.63) is 39.4 Å². The van der Waals surface area contributed by atoms with Crippen LogP contribution >= 0.6 is 0 Å². The number of benzene rings is 1. The van der Waals surface area contributed by atoms with Gasteiger partial charge < -0.3 is 19.0 Å². The first kappa shape index (κ1) is 38.0. The van der Waals surface area contributed by atoms with Gasteiger partial charge in [-0.2, -0.15) is 0 Å². The molecule has 1 N–H and O–H groups in total. The van der Waals surface area contributed by atoms with E-state index < -0.39 is 26.0 Å². The minimum absolute atomic E-state index is 0.0730. The van der Waals surface area contributed by atoms with Gasteiger partial charge in [0, 0.05) is 12.0 Å². The third-order valence-electron chi connectivity index (χ3n) is 10.6. The standard InChI is InChI=1S/C37H64N2O4Si/c1-25(2)17-14-18-26(3)19-15-20-27(4)21-16-22-37(11)32(41-33(40)24-39-38)23-31-30(7)34(28(5)29(6)35(31)42-37)43-44(12,13)36(8,9)10/h24-27,32H,14-23H2,1-13H3/p+1/b33-24+/t26-,27-,32-,37-/m1/s1. The summed E-state index contributed by atoms with van der Waals surface area (Å²) in [5.74, 6) is 3.72. The Morgan fingerprint density at radius 1 is 0.977 bits per heavy atom. The second-order valence-corrected chi connectivity index (χ2v) is 20.8. The van der Waals surface area contributed by atoms with E-state index in [1.807, 2.05) is 0 Å². The molecule has 0 unspecified atom stereocenters. The number of aliphatic hydroxyl groups excluding tert-OH is 1. The molecule has 0 saturated heterocycles. The van der Waals surface area contributed by atoms with E-state index in [4.69, 9.17) is 19.3 Å². The maximum Gasteiger partial charge on any atom is 0.429 e. The molecule has 6 nitrogen and oxygen atoms in total. The topological polar surface area (TPSA) is 76.1 Å². The molecule has 2 rings (SSSR count). The van der Waals surface area contributed by atoms with Crippen LogP contribution in [0.3, 0.4) is 0 Å². The quantitative estimate of drug-likeness (QED) is 0.112. The summed E-state index contributed by atoms with van der Waals surface area (Å²) in [6.07, 6.45) is 11.9. The normalized spacial score (nSPS) is 20.5. The summed E-state index contributed by atoms with van der Waals surface area (Å²) < 4.78 is 19.8. The van der Waals surface area contributed by atoms with E-state index in [-0.39, 0.29) is 5.04 Å². The first-order valence-corrected chi connectivity index (χ1v) is 20.1. The van der Waals surface area contributed by atoms with E-state index in [0.29, 0.717) is 12.3 Å². The van der Waals surface area contributed by atoms with E-state index in [9.17, 15) is 5.11 Å². The molecule has 1 heterocycles. The number of ether oxygens (including phenoxy) is 2. The number of diazo groups is 1. The Morgan fingerprint density at radius 3 is 2.05 bits per heavy atom. The van der Waals surface area contributed by atoms with Crippen LogP contribution in [0.25, 0.3) is 4.98 Å². The van der Waals surface area contributed by atoms with Crippen molar-refractivity contribution in [3.8, 4) is 11.5 Å². The molecule has 0 radical (unpaired) electrons. The Kier molecular flexibility index (Phi) is 13.7. The highest BCUT2D eigenvalue weighted by Crippen LogP contribution is 2.48. The lowest BCUT2D eigenvalue weighted by Gasteiger charge is -2.44. The largest absolute Gasteiger partial charge is 0.543 e. The molecule has 7 heteroatoms. The molecule has 1 aliphatic heterocycles. The number of fused-ring (bicyclic) bond motifs is 1. The van der Waals surface area contributed by atoms with Gasteiger partial charge in [0.1, 0.15) is 23.2 Å². The molecule has 1 aromatic rings. The Balaban J connectivity index is 2.20. The Labute approximate surface area is 271 Å². The minimum atomic E-state index is -2.08. The van der Waals surface area contributed by atoms with Gasteiger partial charge in [-0.05, 0) is 93.1 Å². The predicted molar refractivity (Wildman–Crippen MR) is 187 cm³/mol. The van der Waals surface area contributed by atoms with Crippen molar-refractivity contribution >= 4 is 8.32 Å². The average Bonchev–Trinajstić information content (AvgIpc) is 2.90. The summed E-state index contributed by atoms with van der Waals surface area (Å²) in [5, 5.41) is 19.5. The third-order valence-corrected chi connectivity index (χ3v) is 14.9. The SMILES string of the molecule is Cc1c(C)c2c(c(C)c1O[Si](C)(C)C(C)(C)C)C[C@@H](O/C(O)=C/[N+]#N)[C@@](C)(CCC[C@H](C)CCC[C@H](C)CCCC(C)C)O2. The first-order valence-electron chi connectivity index (χ1n) is 17.2. The molecule has 1 aliphatic rings. The highest BCUT2D eigenvalue weighted by atomic mass is 28.4. The summed E-state index contributed by atoms with van der Waals surface area (Å²) in [6.45, 7) is 29.2. The van der Waals surface area contributed by atoms with Crippen LogP contribution in [0.1, 0.15) is 135 Å². The fourth-order valence-corrected chi connectivity index (χ4v) is 7.31. The van der Waals surface area contributed by atoms with Crippen molar-refractivity contribution in [3.63, 3.8) is 0 Å². The Morgan fingerprint density at radius 2 is 1.52 bits per heavy atom. The van der Waals surface area contributed by atoms with Crippen molar-refractivity contribution in [1.29, 1.82) is 5.39 Å². The second kappa shape index (κ2) is 15.9. The zero-order valence-corrected chi connectivity index (χ0v) is 31.5. The lowest BCUT2D eigenvalue weighted by Crippen LogP contribution is -2.51. The minimum Gasteiger partial charge on any atom is -0.543 e. The van der Waals surface area contributed by atoms with Crippen molar-refractivity contribution in [2.24, 2.45) is 17.8 Å². The van der Waals surface area contributed by atoms with Crippen LogP contribution in [0.15, 0.2) is 12.1 Å². The molecule has 0 bridgehead atoms. The van der Waals surface area contributed by atoms with E-state index in [0.717, 1.165) is 71.1 Å². The zero-order valence-electron chi connectivity index (χ0n) is 30.5. The van der Waals surface area contributed by atoms with Crippen molar-refractivity contribution < 1.29 is 19.0 Å². The van der Waals surface area contributed by atoms with Crippen LogP contribution in [0, 0.1) is 43.9 Å². The van der Waals surface area contributed by atoms with Crippen molar-refractivity contribution in [2.45, 2.75) is 170 Å². The van der Waals surface area contributed by atoms with E-state index >= 15 is 0 Å². The molecule has 0 aliphatic carbocycles. The summed E-state index contributed by atoms with van der Waals surface area (Å²) in [5.41, 5.74) is 3.71.